The quantitative estimate of drug-likeness (QED) is 0.393. The van der Waals surface area contributed by atoms with Crippen LogP contribution in [0, 0.1) is 24.1 Å². The van der Waals surface area contributed by atoms with Gasteiger partial charge in [-0.25, -0.2) is 9.07 Å². The van der Waals surface area contributed by atoms with Crippen LogP contribution in [0.1, 0.15) is 61.4 Å². The Morgan fingerprint density at radius 1 is 1.18 bits per heavy atom. The van der Waals surface area contributed by atoms with Crippen LogP contribution in [0.4, 0.5) is 4.39 Å². The standard InChI is InChI=1S/C26H24FN5O/c1-16-22(27)10-23-21(14-30-32(23)24-7-2-3-8-33-24)25(16)31-15-19(11-28)20-13-29-12-18(26(20)31)9-17-5-4-6-17/h9-10,12-15,24H,2-8H2,1H3. The molecule has 6 nitrogen and oxygen atoms in total. The Morgan fingerprint density at radius 3 is 2.79 bits per heavy atom. The highest BCUT2D eigenvalue weighted by atomic mass is 19.1. The number of hydrogen-bond acceptors (Lipinski definition) is 4. The van der Waals surface area contributed by atoms with Gasteiger partial charge in [0.05, 0.1) is 28.5 Å². The average Bonchev–Trinajstić information content (AvgIpc) is 3.39. The zero-order valence-electron chi connectivity index (χ0n) is 18.5. The van der Waals surface area contributed by atoms with Gasteiger partial charge in [0, 0.05) is 53.2 Å². The highest BCUT2D eigenvalue weighted by molar-refractivity contribution is 5.97. The fraction of sp³-hybridized carbons (Fsp3) is 0.346. The van der Waals surface area contributed by atoms with Crippen LogP contribution in [0.15, 0.2) is 36.4 Å². The number of allylic oxidation sites excluding steroid dienone is 1. The Kier molecular flexibility index (Phi) is 4.77. The largest absolute Gasteiger partial charge is 0.356 e. The molecule has 0 radical (unpaired) electrons. The second-order valence-corrected chi connectivity index (χ2v) is 8.98. The third-order valence-corrected chi connectivity index (χ3v) is 6.95. The molecule has 0 amide bonds. The maximum absolute atomic E-state index is 15.3. The Balaban J connectivity index is 1.64. The molecule has 4 aromatic rings. The van der Waals surface area contributed by atoms with Crippen molar-refractivity contribution in [2.75, 3.05) is 6.61 Å². The number of hydrogen-bond donors (Lipinski definition) is 0. The van der Waals surface area contributed by atoms with Crippen LogP contribution in [0.25, 0.3) is 33.6 Å². The molecule has 1 aliphatic carbocycles. The van der Waals surface area contributed by atoms with Gasteiger partial charge in [-0.15, -0.1) is 0 Å². The van der Waals surface area contributed by atoms with Gasteiger partial charge < -0.3 is 9.30 Å². The van der Waals surface area contributed by atoms with E-state index in [0.29, 0.717) is 28.9 Å². The third kappa shape index (κ3) is 3.17. The van der Waals surface area contributed by atoms with Crippen LogP contribution < -0.4 is 0 Å². The van der Waals surface area contributed by atoms with Gasteiger partial charge in [0.15, 0.2) is 6.23 Å². The summed E-state index contributed by atoms with van der Waals surface area (Å²) in [5.41, 5.74) is 5.64. The number of fused-ring (bicyclic) bond motifs is 2. The lowest BCUT2D eigenvalue weighted by molar-refractivity contribution is -0.0366. The molecule has 1 unspecified atom stereocenters. The summed E-state index contributed by atoms with van der Waals surface area (Å²) in [7, 11) is 0. The molecule has 0 bridgehead atoms. The van der Waals surface area contributed by atoms with Crippen LogP contribution in [-0.2, 0) is 4.74 Å². The minimum absolute atomic E-state index is 0.189. The number of nitrogens with zero attached hydrogens (tertiary/aromatic N) is 5. The number of rotatable bonds is 3. The molecule has 0 spiro atoms. The molecule has 2 fully saturated rings. The first-order valence-electron chi connectivity index (χ1n) is 11.5. The summed E-state index contributed by atoms with van der Waals surface area (Å²) in [5, 5.41) is 16.0. The fourth-order valence-corrected chi connectivity index (χ4v) is 5.01. The van der Waals surface area contributed by atoms with E-state index in [2.05, 4.69) is 22.2 Å². The predicted molar refractivity (Wildman–Crippen MR) is 124 cm³/mol. The molecule has 3 aromatic heterocycles. The third-order valence-electron chi connectivity index (χ3n) is 6.95. The molecule has 33 heavy (non-hydrogen) atoms. The normalized spacial score (nSPS) is 18.5. The molecule has 0 N–H and O–H groups in total. The maximum Gasteiger partial charge on any atom is 0.150 e. The lowest BCUT2D eigenvalue weighted by atomic mass is 9.91. The Hall–Kier alpha value is -3.50. The first kappa shape index (κ1) is 20.1. The lowest BCUT2D eigenvalue weighted by Crippen LogP contribution is -2.19. The molecule has 1 saturated carbocycles. The van der Waals surface area contributed by atoms with E-state index in [1.54, 1.807) is 36.3 Å². The van der Waals surface area contributed by atoms with Crippen LogP contribution in [0.5, 0.6) is 0 Å². The second-order valence-electron chi connectivity index (χ2n) is 8.98. The van der Waals surface area contributed by atoms with Gasteiger partial charge >= 0.3 is 0 Å². The minimum Gasteiger partial charge on any atom is -0.356 e. The molecule has 1 aliphatic heterocycles. The zero-order chi connectivity index (χ0) is 22.5. The first-order valence-corrected chi connectivity index (χ1v) is 11.5. The van der Waals surface area contributed by atoms with Crippen LogP contribution in [0.3, 0.4) is 0 Å². The van der Waals surface area contributed by atoms with Crippen LogP contribution in [0.2, 0.25) is 0 Å². The number of pyridine rings is 1. The van der Waals surface area contributed by atoms with Gasteiger partial charge in [-0.05, 0) is 45.4 Å². The summed E-state index contributed by atoms with van der Waals surface area (Å²) in [6.07, 6.45) is 15.4. The first-order chi connectivity index (χ1) is 16.2. The van der Waals surface area contributed by atoms with E-state index in [-0.39, 0.29) is 12.0 Å². The minimum atomic E-state index is -0.302. The van der Waals surface area contributed by atoms with Crippen molar-refractivity contribution in [1.82, 2.24) is 19.3 Å². The molecule has 4 heterocycles. The second kappa shape index (κ2) is 7.82. The van der Waals surface area contributed by atoms with Crippen molar-refractivity contribution in [3.63, 3.8) is 0 Å². The average molecular weight is 442 g/mol. The summed E-state index contributed by atoms with van der Waals surface area (Å²) in [6, 6.07) is 3.84. The Morgan fingerprint density at radius 2 is 2.06 bits per heavy atom. The molecular formula is C26H24FN5O. The van der Waals surface area contributed by atoms with Crippen molar-refractivity contribution in [2.24, 2.45) is 0 Å². The summed E-state index contributed by atoms with van der Waals surface area (Å²) >= 11 is 0. The van der Waals surface area contributed by atoms with Crippen molar-refractivity contribution in [3.05, 3.63) is 58.9 Å². The van der Waals surface area contributed by atoms with Crippen molar-refractivity contribution >= 4 is 27.9 Å². The molecule has 1 aromatic carbocycles. The van der Waals surface area contributed by atoms with E-state index in [1.165, 1.54) is 12.0 Å². The number of ether oxygens (including phenoxy) is 1. The van der Waals surface area contributed by atoms with Gasteiger partial charge in [0.1, 0.15) is 11.9 Å². The highest BCUT2D eigenvalue weighted by Crippen LogP contribution is 2.37. The Bertz CT molecular complexity index is 1460. The molecule has 7 heteroatoms. The number of nitriles is 1. The van der Waals surface area contributed by atoms with Crippen molar-refractivity contribution in [2.45, 2.75) is 51.7 Å². The van der Waals surface area contributed by atoms with E-state index in [4.69, 9.17) is 4.74 Å². The van der Waals surface area contributed by atoms with Gasteiger partial charge in [-0.2, -0.15) is 10.4 Å². The number of halogens is 1. The Labute approximate surface area is 190 Å². The van der Waals surface area contributed by atoms with Gasteiger partial charge in [-0.3, -0.25) is 4.98 Å². The molecule has 166 valence electrons. The molecule has 1 atom stereocenters. The monoisotopic (exact) mass is 441 g/mol. The van der Waals surface area contributed by atoms with Crippen molar-refractivity contribution < 1.29 is 9.13 Å². The summed E-state index contributed by atoms with van der Waals surface area (Å²) < 4.78 is 25.0. The van der Waals surface area contributed by atoms with Gasteiger partial charge in [0.2, 0.25) is 0 Å². The van der Waals surface area contributed by atoms with E-state index in [1.807, 2.05) is 10.8 Å². The van der Waals surface area contributed by atoms with Gasteiger partial charge in [0.25, 0.3) is 0 Å². The van der Waals surface area contributed by atoms with Crippen LogP contribution >= 0.6 is 0 Å². The summed E-state index contributed by atoms with van der Waals surface area (Å²) in [5.74, 6) is -0.302. The zero-order valence-corrected chi connectivity index (χ0v) is 18.5. The van der Waals surface area contributed by atoms with Crippen molar-refractivity contribution in [3.8, 4) is 11.8 Å². The summed E-state index contributed by atoms with van der Waals surface area (Å²) in [4.78, 5) is 4.39. The van der Waals surface area contributed by atoms with E-state index in [9.17, 15) is 5.26 Å². The van der Waals surface area contributed by atoms with E-state index < -0.39 is 0 Å². The van der Waals surface area contributed by atoms with E-state index in [0.717, 1.165) is 54.0 Å². The van der Waals surface area contributed by atoms with Gasteiger partial charge in [-0.1, -0.05) is 11.6 Å². The number of aromatic nitrogens is 4. The molecule has 6 rings (SSSR count). The van der Waals surface area contributed by atoms with Crippen LogP contribution in [-0.4, -0.2) is 25.9 Å². The molecular weight excluding hydrogens is 417 g/mol. The predicted octanol–water partition coefficient (Wildman–Crippen LogP) is 5.96. The number of benzene rings is 1. The molecule has 2 aliphatic rings. The lowest BCUT2D eigenvalue weighted by Gasteiger charge is -2.23. The summed E-state index contributed by atoms with van der Waals surface area (Å²) in [6.45, 7) is 2.47. The molecule has 1 saturated heterocycles. The topological polar surface area (TPSA) is 68.7 Å². The fourth-order valence-electron chi connectivity index (χ4n) is 5.01. The SMILES string of the molecule is Cc1c(F)cc2c(cnn2C2CCCCO2)c1-n1cc(C#N)c2cncc(C=C3CCC3)c21. The smallest absolute Gasteiger partial charge is 0.150 e. The highest BCUT2D eigenvalue weighted by Gasteiger charge is 2.24. The van der Waals surface area contributed by atoms with E-state index >= 15 is 4.39 Å². The maximum atomic E-state index is 15.3. The van der Waals surface area contributed by atoms with Crippen molar-refractivity contribution in [1.29, 1.82) is 5.26 Å².